The van der Waals surface area contributed by atoms with E-state index in [1.165, 1.54) is 18.2 Å². The minimum atomic E-state index is -3.74. The standard InChI is InChI=1S/C19H20N2O4S/c1-21(2)11-5-10-20-26(24,25)13-8-9-16-17(12-13)19(23)15-7-4-3-6-14(15)18(16)22/h3-4,6-9,12,20H,5,10-11H2,1-2H3. The first kappa shape index (κ1) is 18.4. The van der Waals surface area contributed by atoms with Crippen molar-refractivity contribution < 1.29 is 18.0 Å². The highest BCUT2D eigenvalue weighted by atomic mass is 32.2. The number of carbonyl (C=O) groups is 2. The summed E-state index contributed by atoms with van der Waals surface area (Å²) in [6.07, 6.45) is 0.669. The third kappa shape index (κ3) is 3.46. The zero-order valence-corrected chi connectivity index (χ0v) is 15.5. The Morgan fingerprint density at radius 1 is 0.885 bits per heavy atom. The van der Waals surface area contributed by atoms with Crippen molar-refractivity contribution in [3.05, 3.63) is 64.7 Å². The molecular weight excluding hydrogens is 352 g/mol. The number of benzene rings is 2. The molecule has 0 spiro atoms. The normalized spacial score (nSPS) is 13.7. The largest absolute Gasteiger partial charge is 0.309 e. The van der Waals surface area contributed by atoms with Gasteiger partial charge in [-0.1, -0.05) is 24.3 Å². The summed E-state index contributed by atoms with van der Waals surface area (Å²) in [5.41, 5.74) is 1.02. The quantitative estimate of drug-likeness (QED) is 0.666. The molecule has 6 nitrogen and oxygen atoms in total. The molecular formula is C19H20N2O4S. The second-order valence-electron chi connectivity index (χ2n) is 6.47. The fourth-order valence-electron chi connectivity index (χ4n) is 2.93. The number of hydrogen-bond acceptors (Lipinski definition) is 5. The van der Waals surface area contributed by atoms with Crippen molar-refractivity contribution in [3.63, 3.8) is 0 Å². The SMILES string of the molecule is CN(C)CCCNS(=O)(=O)c1ccc2c(c1)C(=O)c1ccccc1C2=O. The van der Waals surface area contributed by atoms with Crippen LogP contribution in [-0.2, 0) is 10.0 Å². The van der Waals surface area contributed by atoms with Crippen LogP contribution in [0.25, 0.3) is 0 Å². The lowest BCUT2D eigenvalue weighted by Crippen LogP contribution is -2.28. The van der Waals surface area contributed by atoms with E-state index in [4.69, 9.17) is 0 Å². The van der Waals surface area contributed by atoms with Crippen LogP contribution in [0.2, 0.25) is 0 Å². The van der Waals surface area contributed by atoms with Gasteiger partial charge in [-0.25, -0.2) is 13.1 Å². The number of nitrogens with one attached hydrogen (secondary N) is 1. The maximum absolute atomic E-state index is 12.7. The topological polar surface area (TPSA) is 83.6 Å². The summed E-state index contributed by atoms with van der Waals surface area (Å²) in [4.78, 5) is 27.2. The predicted molar refractivity (Wildman–Crippen MR) is 98.1 cm³/mol. The van der Waals surface area contributed by atoms with Crippen molar-refractivity contribution in [3.8, 4) is 0 Å². The first-order valence-electron chi connectivity index (χ1n) is 8.28. The zero-order valence-electron chi connectivity index (χ0n) is 14.7. The number of fused-ring (bicyclic) bond motifs is 2. The molecule has 7 heteroatoms. The van der Waals surface area contributed by atoms with Crippen molar-refractivity contribution >= 4 is 21.6 Å². The molecule has 0 saturated heterocycles. The van der Waals surface area contributed by atoms with Gasteiger partial charge in [0.1, 0.15) is 0 Å². The van der Waals surface area contributed by atoms with Gasteiger partial charge in [-0.3, -0.25) is 9.59 Å². The van der Waals surface area contributed by atoms with Gasteiger partial charge in [0.15, 0.2) is 11.6 Å². The highest BCUT2D eigenvalue weighted by Gasteiger charge is 2.30. The van der Waals surface area contributed by atoms with E-state index in [9.17, 15) is 18.0 Å². The van der Waals surface area contributed by atoms with Crippen molar-refractivity contribution in [1.29, 1.82) is 0 Å². The van der Waals surface area contributed by atoms with E-state index in [1.807, 2.05) is 19.0 Å². The van der Waals surface area contributed by atoms with E-state index >= 15 is 0 Å². The smallest absolute Gasteiger partial charge is 0.240 e. The molecule has 0 fully saturated rings. The van der Waals surface area contributed by atoms with Gasteiger partial charge in [0.05, 0.1) is 4.90 Å². The van der Waals surface area contributed by atoms with Crippen LogP contribution in [0.4, 0.5) is 0 Å². The molecule has 1 aliphatic carbocycles. The van der Waals surface area contributed by atoms with Crippen LogP contribution in [0.15, 0.2) is 47.4 Å². The second kappa shape index (κ2) is 7.11. The Kier molecular flexibility index (Phi) is 5.04. The van der Waals surface area contributed by atoms with E-state index in [0.717, 1.165) is 6.54 Å². The molecule has 0 atom stereocenters. The number of carbonyl (C=O) groups excluding carboxylic acids is 2. The first-order chi connectivity index (χ1) is 12.3. The maximum Gasteiger partial charge on any atom is 0.240 e. The molecule has 0 saturated carbocycles. The average Bonchev–Trinajstić information content (AvgIpc) is 2.63. The monoisotopic (exact) mass is 372 g/mol. The highest BCUT2D eigenvalue weighted by molar-refractivity contribution is 7.89. The molecule has 1 aliphatic rings. The molecule has 0 heterocycles. The van der Waals surface area contributed by atoms with E-state index in [2.05, 4.69) is 4.72 Å². The molecule has 0 bridgehead atoms. The number of sulfonamides is 1. The number of nitrogens with zero attached hydrogens (tertiary/aromatic N) is 1. The van der Waals surface area contributed by atoms with E-state index in [0.29, 0.717) is 24.1 Å². The Morgan fingerprint density at radius 3 is 2.08 bits per heavy atom. The van der Waals surface area contributed by atoms with Gasteiger partial charge < -0.3 is 4.90 Å². The summed E-state index contributed by atoms with van der Waals surface area (Å²) in [5, 5.41) is 0. The summed E-state index contributed by atoms with van der Waals surface area (Å²) >= 11 is 0. The molecule has 2 aromatic rings. The molecule has 2 aromatic carbocycles. The summed E-state index contributed by atoms with van der Waals surface area (Å²) < 4.78 is 27.5. The molecule has 0 radical (unpaired) electrons. The third-order valence-electron chi connectivity index (χ3n) is 4.28. The average molecular weight is 372 g/mol. The van der Waals surface area contributed by atoms with Gasteiger partial charge in [0.25, 0.3) is 0 Å². The molecule has 3 rings (SSSR count). The van der Waals surface area contributed by atoms with Crippen LogP contribution in [0.5, 0.6) is 0 Å². The minimum Gasteiger partial charge on any atom is -0.309 e. The maximum atomic E-state index is 12.7. The summed E-state index contributed by atoms with van der Waals surface area (Å²) in [5.74, 6) is -0.599. The molecule has 136 valence electrons. The molecule has 26 heavy (non-hydrogen) atoms. The van der Waals surface area contributed by atoms with Gasteiger partial charge in [0, 0.05) is 28.8 Å². The molecule has 0 amide bonds. The van der Waals surface area contributed by atoms with Crippen LogP contribution >= 0.6 is 0 Å². The predicted octanol–water partition coefficient (Wildman–Crippen LogP) is 1.69. The fourth-order valence-corrected chi connectivity index (χ4v) is 4.03. The van der Waals surface area contributed by atoms with Crippen LogP contribution in [0.1, 0.15) is 38.3 Å². The molecule has 0 unspecified atom stereocenters. The zero-order chi connectivity index (χ0) is 18.9. The number of hydrogen-bond donors (Lipinski definition) is 1. The van der Waals surface area contributed by atoms with Crippen LogP contribution < -0.4 is 4.72 Å². The highest BCUT2D eigenvalue weighted by Crippen LogP contribution is 2.28. The third-order valence-corrected chi connectivity index (χ3v) is 5.74. The van der Waals surface area contributed by atoms with Gasteiger partial charge in [0.2, 0.25) is 10.0 Å². The fraction of sp³-hybridized carbons (Fsp3) is 0.263. The summed E-state index contributed by atoms with van der Waals surface area (Å²) in [6.45, 7) is 1.06. The lowest BCUT2D eigenvalue weighted by Gasteiger charge is -2.18. The van der Waals surface area contributed by atoms with Crippen LogP contribution in [0, 0.1) is 0 Å². The molecule has 1 N–H and O–H groups in total. The summed E-state index contributed by atoms with van der Waals surface area (Å²) in [7, 11) is 0.0882. The molecule has 0 aromatic heterocycles. The van der Waals surface area contributed by atoms with E-state index < -0.39 is 10.0 Å². The lowest BCUT2D eigenvalue weighted by molar-refractivity contribution is 0.0979. The number of ketones is 2. The van der Waals surface area contributed by atoms with Gasteiger partial charge in [-0.05, 0) is 45.3 Å². The Hall–Kier alpha value is -2.35. The number of rotatable bonds is 6. The van der Waals surface area contributed by atoms with Crippen LogP contribution in [-0.4, -0.2) is 52.1 Å². The molecule has 0 aliphatic heterocycles. The second-order valence-corrected chi connectivity index (χ2v) is 8.23. The van der Waals surface area contributed by atoms with Crippen molar-refractivity contribution in [2.75, 3.05) is 27.2 Å². The van der Waals surface area contributed by atoms with Crippen molar-refractivity contribution in [2.24, 2.45) is 0 Å². The first-order valence-corrected chi connectivity index (χ1v) is 9.76. The van der Waals surface area contributed by atoms with Gasteiger partial charge in [-0.2, -0.15) is 0 Å². The van der Waals surface area contributed by atoms with Crippen molar-refractivity contribution in [2.45, 2.75) is 11.3 Å². The Balaban J connectivity index is 1.89. The minimum absolute atomic E-state index is 0.0124. The van der Waals surface area contributed by atoms with Gasteiger partial charge in [-0.15, -0.1) is 0 Å². The van der Waals surface area contributed by atoms with E-state index in [-0.39, 0.29) is 27.6 Å². The van der Waals surface area contributed by atoms with Crippen molar-refractivity contribution in [1.82, 2.24) is 9.62 Å². The Morgan fingerprint density at radius 2 is 1.46 bits per heavy atom. The lowest BCUT2D eigenvalue weighted by atomic mass is 9.84. The Bertz CT molecular complexity index is 981. The van der Waals surface area contributed by atoms with Gasteiger partial charge >= 0.3 is 0 Å². The Labute approximate surface area is 152 Å². The summed E-state index contributed by atoms with van der Waals surface area (Å²) in [6, 6.07) is 10.6. The van der Waals surface area contributed by atoms with E-state index in [1.54, 1.807) is 24.3 Å². The van der Waals surface area contributed by atoms with Crippen LogP contribution in [0.3, 0.4) is 0 Å².